The second-order valence-electron chi connectivity index (χ2n) is 7.53. The standard InChI is InChI=1S/C22H20Cl2F3N3O4S/c1-11-6-7-28-12(2)18(11)20(31)19-15(8-13(23)10-29-19)21(34-3)30-35(32,33)14-4-5-17(24)16(9-14)22(25,26)27/h4-10,20-21,30-31H,1-3H3. The van der Waals surface area contributed by atoms with E-state index in [1.165, 1.54) is 19.4 Å². The number of methoxy groups -OCH3 is 1. The SMILES string of the molecule is COC(NS(=O)(=O)c1ccc(Cl)c(C(F)(F)F)c1)c1cc(Cl)cnc1C(O)c1c(C)ccnc1C. The predicted octanol–water partition coefficient (Wildman–Crippen LogP) is 5.12. The van der Waals surface area contributed by atoms with E-state index in [4.69, 9.17) is 27.9 Å². The average Bonchev–Trinajstić information content (AvgIpc) is 2.76. The lowest BCUT2D eigenvalue weighted by Crippen LogP contribution is -2.31. The van der Waals surface area contributed by atoms with Crippen LogP contribution >= 0.6 is 23.2 Å². The van der Waals surface area contributed by atoms with Gasteiger partial charge in [-0.05, 0) is 49.7 Å². The number of alkyl halides is 3. The van der Waals surface area contributed by atoms with Crippen LogP contribution in [0, 0.1) is 13.8 Å². The molecule has 0 aliphatic heterocycles. The first-order valence-electron chi connectivity index (χ1n) is 9.93. The minimum absolute atomic E-state index is 0.0234. The summed E-state index contributed by atoms with van der Waals surface area (Å²) in [7, 11) is -3.38. The molecular weight excluding hydrogens is 530 g/mol. The van der Waals surface area contributed by atoms with Crippen molar-refractivity contribution in [1.29, 1.82) is 0 Å². The highest BCUT2D eigenvalue weighted by Crippen LogP contribution is 2.37. The number of nitrogens with zero attached hydrogens (tertiary/aromatic N) is 2. The van der Waals surface area contributed by atoms with E-state index < -0.39 is 44.0 Å². The number of aliphatic hydroxyl groups excluding tert-OH is 1. The van der Waals surface area contributed by atoms with Crippen LogP contribution in [-0.2, 0) is 20.9 Å². The zero-order valence-corrected chi connectivity index (χ0v) is 20.9. The van der Waals surface area contributed by atoms with Gasteiger partial charge in [0, 0.05) is 36.3 Å². The van der Waals surface area contributed by atoms with Crippen LogP contribution in [0.15, 0.2) is 47.6 Å². The summed E-state index contributed by atoms with van der Waals surface area (Å²) in [6.45, 7) is 3.45. The van der Waals surface area contributed by atoms with Crippen molar-refractivity contribution < 1.29 is 31.4 Å². The Bertz CT molecular complexity index is 1330. The number of sulfonamides is 1. The molecule has 2 unspecified atom stereocenters. The summed E-state index contributed by atoms with van der Waals surface area (Å²) >= 11 is 11.7. The number of benzene rings is 1. The number of rotatable bonds is 7. The molecule has 2 aromatic heterocycles. The lowest BCUT2D eigenvalue weighted by Gasteiger charge is -2.24. The third kappa shape index (κ3) is 5.93. The molecule has 13 heteroatoms. The Labute approximate surface area is 209 Å². The Morgan fingerprint density at radius 3 is 2.40 bits per heavy atom. The maximum atomic E-state index is 13.2. The lowest BCUT2D eigenvalue weighted by atomic mass is 9.96. The van der Waals surface area contributed by atoms with E-state index in [0.29, 0.717) is 22.9 Å². The van der Waals surface area contributed by atoms with Gasteiger partial charge < -0.3 is 9.84 Å². The first kappa shape index (κ1) is 27.3. The minimum Gasteiger partial charge on any atom is -0.382 e. The molecule has 0 saturated carbocycles. The molecule has 2 N–H and O–H groups in total. The van der Waals surface area contributed by atoms with E-state index >= 15 is 0 Å². The Balaban J connectivity index is 2.06. The Kier molecular flexibility index (Phi) is 8.09. The fourth-order valence-corrected chi connectivity index (χ4v) is 5.05. The number of nitrogens with one attached hydrogen (secondary N) is 1. The van der Waals surface area contributed by atoms with Crippen LogP contribution < -0.4 is 4.72 Å². The third-order valence-electron chi connectivity index (χ3n) is 5.19. The van der Waals surface area contributed by atoms with Crippen molar-refractivity contribution in [3.05, 3.63) is 86.4 Å². The number of pyridine rings is 2. The summed E-state index contributed by atoms with van der Waals surface area (Å²) in [6.07, 6.45) is -4.81. The molecule has 0 amide bonds. The normalized spacial score (nSPS) is 14.1. The zero-order valence-electron chi connectivity index (χ0n) is 18.6. The summed E-state index contributed by atoms with van der Waals surface area (Å²) in [5.74, 6) is 0. The van der Waals surface area contributed by atoms with E-state index in [-0.39, 0.29) is 16.3 Å². The molecule has 3 rings (SSSR count). The van der Waals surface area contributed by atoms with E-state index in [2.05, 4.69) is 14.7 Å². The van der Waals surface area contributed by atoms with Gasteiger partial charge in [-0.15, -0.1) is 0 Å². The van der Waals surface area contributed by atoms with Crippen molar-refractivity contribution in [2.24, 2.45) is 0 Å². The number of ether oxygens (including phenoxy) is 1. The Morgan fingerprint density at radius 2 is 1.80 bits per heavy atom. The largest absolute Gasteiger partial charge is 0.417 e. The summed E-state index contributed by atoms with van der Waals surface area (Å²) in [5.41, 5.74) is 0.463. The van der Waals surface area contributed by atoms with Crippen LogP contribution in [0.4, 0.5) is 13.2 Å². The van der Waals surface area contributed by atoms with Gasteiger partial charge in [0.15, 0.2) is 0 Å². The molecule has 0 aliphatic carbocycles. The van der Waals surface area contributed by atoms with Crippen molar-refractivity contribution in [2.45, 2.75) is 37.3 Å². The van der Waals surface area contributed by atoms with E-state index in [0.717, 1.165) is 12.1 Å². The molecule has 0 bridgehead atoms. The zero-order chi connectivity index (χ0) is 26.1. The summed E-state index contributed by atoms with van der Waals surface area (Å²) < 4.78 is 73.2. The van der Waals surface area contributed by atoms with Crippen molar-refractivity contribution in [3.63, 3.8) is 0 Å². The molecule has 0 spiro atoms. The van der Waals surface area contributed by atoms with Crippen molar-refractivity contribution in [3.8, 4) is 0 Å². The molecule has 0 aliphatic rings. The van der Waals surface area contributed by atoms with Gasteiger partial charge >= 0.3 is 6.18 Å². The molecule has 7 nitrogen and oxygen atoms in total. The maximum absolute atomic E-state index is 13.2. The first-order valence-corrected chi connectivity index (χ1v) is 12.2. The summed E-state index contributed by atoms with van der Waals surface area (Å²) in [5, 5.41) is 10.6. The third-order valence-corrected chi connectivity index (χ3v) is 7.12. The average molecular weight is 550 g/mol. The van der Waals surface area contributed by atoms with E-state index in [1.807, 2.05) is 0 Å². The second kappa shape index (κ2) is 10.4. The molecule has 2 atom stereocenters. The molecule has 1 aromatic carbocycles. The van der Waals surface area contributed by atoms with Gasteiger partial charge in [0.05, 0.1) is 26.2 Å². The molecule has 188 valence electrons. The monoisotopic (exact) mass is 549 g/mol. The van der Waals surface area contributed by atoms with Crippen molar-refractivity contribution >= 4 is 33.2 Å². The Hall–Kier alpha value is -2.28. The fraction of sp³-hybridized carbons (Fsp3) is 0.273. The number of hydrogen-bond donors (Lipinski definition) is 2. The topological polar surface area (TPSA) is 101 Å². The van der Waals surface area contributed by atoms with Crippen molar-refractivity contribution in [1.82, 2.24) is 14.7 Å². The van der Waals surface area contributed by atoms with Gasteiger partial charge in [-0.3, -0.25) is 9.97 Å². The van der Waals surface area contributed by atoms with Gasteiger partial charge in [0.1, 0.15) is 12.3 Å². The molecule has 35 heavy (non-hydrogen) atoms. The highest BCUT2D eigenvalue weighted by Gasteiger charge is 2.35. The molecule has 0 fully saturated rings. The summed E-state index contributed by atoms with van der Waals surface area (Å²) in [6, 6.07) is 5.22. The number of hydrogen-bond acceptors (Lipinski definition) is 6. The Morgan fingerprint density at radius 1 is 1.11 bits per heavy atom. The quantitative estimate of drug-likeness (QED) is 0.396. The van der Waals surface area contributed by atoms with Gasteiger partial charge in [-0.1, -0.05) is 23.2 Å². The highest BCUT2D eigenvalue weighted by molar-refractivity contribution is 7.89. The highest BCUT2D eigenvalue weighted by atomic mass is 35.5. The van der Waals surface area contributed by atoms with Gasteiger partial charge in [0.25, 0.3) is 0 Å². The minimum atomic E-state index is -4.86. The summed E-state index contributed by atoms with van der Waals surface area (Å²) in [4.78, 5) is 7.66. The number of aromatic nitrogens is 2. The van der Waals surface area contributed by atoms with E-state index in [9.17, 15) is 26.7 Å². The molecular formula is C22H20Cl2F3N3O4S. The smallest absolute Gasteiger partial charge is 0.382 e. The van der Waals surface area contributed by atoms with Crippen LogP contribution in [-0.4, -0.2) is 30.6 Å². The van der Waals surface area contributed by atoms with Gasteiger partial charge in [0.2, 0.25) is 10.0 Å². The van der Waals surface area contributed by atoms with Crippen LogP contribution in [0.3, 0.4) is 0 Å². The van der Waals surface area contributed by atoms with E-state index in [1.54, 1.807) is 26.1 Å². The van der Waals surface area contributed by atoms with Crippen LogP contribution in [0.2, 0.25) is 10.0 Å². The van der Waals surface area contributed by atoms with Crippen molar-refractivity contribution in [2.75, 3.05) is 7.11 Å². The number of aliphatic hydroxyl groups is 1. The van der Waals surface area contributed by atoms with Crippen LogP contribution in [0.25, 0.3) is 0 Å². The van der Waals surface area contributed by atoms with Crippen LogP contribution in [0.5, 0.6) is 0 Å². The van der Waals surface area contributed by atoms with Gasteiger partial charge in [-0.2, -0.15) is 17.9 Å². The first-order chi connectivity index (χ1) is 16.3. The molecule has 2 heterocycles. The number of aryl methyl sites for hydroxylation is 2. The lowest BCUT2D eigenvalue weighted by molar-refractivity contribution is -0.137. The number of halogens is 5. The van der Waals surface area contributed by atoms with Gasteiger partial charge in [-0.25, -0.2) is 8.42 Å². The second-order valence-corrected chi connectivity index (χ2v) is 10.1. The van der Waals surface area contributed by atoms with Crippen LogP contribution in [0.1, 0.15) is 46.0 Å². The predicted molar refractivity (Wildman–Crippen MR) is 124 cm³/mol. The molecule has 0 saturated heterocycles. The molecule has 3 aromatic rings. The fourth-order valence-electron chi connectivity index (χ4n) is 3.50. The molecule has 0 radical (unpaired) electrons. The maximum Gasteiger partial charge on any atom is 0.417 e.